The number of fused-ring (bicyclic) bond motifs is 1. The molecule has 4 aromatic rings. The molecule has 1 aromatic carbocycles. The van der Waals surface area contributed by atoms with Crippen molar-refractivity contribution in [1.82, 2.24) is 15.0 Å². The number of sulfone groups is 1. The van der Waals surface area contributed by atoms with Gasteiger partial charge in [0.2, 0.25) is 0 Å². The Balaban J connectivity index is 1.86. The van der Waals surface area contributed by atoms with Crippen LogP contribution in [-0.2, 0) is 16.4 Å². The Morgan fingerprint density at radius 2 is 1.91 bits per heavy atom. The standard InChI is InChI=1S/C22H18ClN5O3S/c1-32(30,31)21-19(5-3-9-26-21)28(22(29)15-4-2-8-25-12-15)13-14-10-17(23)16-6-7-20(24)27-18(16)11-14/h2-12H,13H2,1H3,(H2,24,27). The zero-order chi connectivity index (χ0) is 22.9. The van der Waals surface area contributed by atoms with E-state index in [-0.39, 0.29) is 17.3 Å². The third-order valence-corrected chi connectivity index (χ3v) is 6.05. The van der Waals surface area contributed by atoms with Gasteiger partial charge in [0.15, 0.2) is 14.9 Å². The molecular formula is C22H18ClN5O3S. The van der Waals surface area contributed by atoms with Crippen LogP contribution in [0.25, 0.3) is 10.9 Å². The van der Waals surface area contributed by atoms with Crippen LogP contribution < -0.4 is 10.6 Å². The highest BCUT2D eigenvalue weighted by Crippen LogP contribution is 2.30. The van der Waals surface area contributed by atoms with E-state index in [1.807, 2.05) is 0 Å². The summed E-state index contributed by atoms with van der Waals surface area (Å²) in [6, 6.07) is 13.2. The highest BCUT2D eigenvalue weighted by molar-refractivity contribution is 7.90. The summed E-state index contributed by atoms with van der Waals surface area (Å²) in [4.78, 5) is 27.1. The number of rotatable bonds is 5. The van der Waals surface area contributed by atoms with Crippen LogP contribution >= 0.6 is 11.6 Å². The third kappa shape index (κ3) is 4.39. The van der Waals surface area contributed by atoms with Gasteiger partial charge < -0.3 is 10.6 Å². The van der Waals surface area contributed by atoms with E-state index in [9.17, 15) is 13.2 Å². The van der Waals surface area contributed by atoms with E-state index in [0.29, 0.717) is 32.9 Å². The molecule has 0 saturated heterocycles. The van der Waals surface area contributed by atoms with Gasteiger partial charge in [0.05, 0.1) is 28.3 Å². The van der Waals surface area contributed by atoms with Crippen LogP contribution in [0.1, 0.15) is 15.9 Å². The van der Waals surface area contributed by atoms with Crippen molar-refractivity contribution in [2.45, 2.75) is 11.6 Å². The predicted molar refractivity (Wildman–Crippen MR) is 123 cm³/mol. The number of nitrogens with two attached hydrogens (primary N) is 1. The largest absolute Gasteiger partial charge is 0.384 e. The Bertz CT molecular complexity index is 1430. The van der Waals surface area contributed by atoms with E-state index in [0.717, 1.165) is 6.26 Å². The first-order valence-electron chi connectivity index (χ1n) is 9.45. The van der Waals surface area contributed by atoms with Gasteiger partial charge in [-0.15, -0.1) is 0 Å². The first-order valence-corrected chi connectivity index (χ1v) is 11.7. The molecule has 162 valence electrons. The molecule has 3 heterocycles. The lowest BCUT2D eigenvalue weighted by molar-refractivity contribution is 0.0984. The highest BCUT2D eigenvalue weighted by Gasteiger charge is 2.26. The normalized spacial score (nSPS) is 11.4. The van der Waals surface area contributed by atoms with Gasteiger partial charge in [-0.2, -0.15) is 0 Å². The molecule has 32 heavy (non-hydrogen) atoms. The Morgan fingerprint density at radius 1 is 1.12 bits per heavy atom. The van der Waals surface area contributed by atoms with Crippen LogP contribution in [0, 0.1) is 0 Å². The predicted octanol–water partition coefficient (Wildman–Crippen LogP) is 3.51. The number of benzene rings is 1. The Hall–Kier alpha value is -3.56. The molecule has 4 rings (SSSR count). The lowest BCUT2D eigenvalue weighted by Crippen LogP contribution is -2.32. The van der Waals surface area contributed by atoms with Crippen molar-refractivity contribution in [1.29, 1.82) is 0 Å². The van der Waals surface area contributed by atoms with Crippen molar-refractivity contribution >= 4 is 49.8 Å². The van der Waals surface area contributed by atoms with E-state index in [1.54, 1.807) is 48.7 Å². The van der Waals surface area contributed by atoms with Crippen molar-refractivity contribution in [2.75, 3.05) is 16.9 Å². The number of hydrogen-bond acceptors (Lipinski definition) is 7. The average Bonchev–Trinajstić information content (AvgIpc) is 2.77. The summed E-state index contributed by atoms with van der Waals surface area (Å²) >= 11 is 6.44. The van der Waals surface area contributed by atoms with E-state index in [1.165, 1.54) is 23.4 Å². The molecule has 2 N–H and O–H groups in total. The number of halogens is 1. The Labute approximate surface area is 189 Å². The molecule has 3 aromatic heterocycles. The van der Waals surface area contributed by atoms with Crippen molar-refractivity contribution in [2.24, 2.45) is 0 Å². The topological polar surface area (TPSA) is 119 Å². The number of nitrogens with zero attached hydrogens (tertiary/aromatic N) is 4. The molecule has 0 unspecified atom stereocenters. The number of anilines is 2. The van der Waals surface area contributed by atoms with Gasteiger partial charge >= 0.3 is 0 Å². The quantitative estimate of drug-likeness (QED) is 0.477. The number of aromatic nitrogens is 3. The molecule has 0 atom stereocenters. The number of nitrogen functional groups attached to an aromatic ring is 1. The van der Waals surface area contributed by atoms with Gasteiger partial charge in [-0.3, -0.25) is 9.78 Å². The van der Waals surface area contributed by atoms with Crippen LogP contribution in [0.4, 0.5) is 11.5 Å². The summed E-state index contributed by atoms with van der Waals surface area (Å²) < 4.78 is 24.8. The maximum atomic E-state index is 13.4. The highest BCUT2D eigenvalue weighted by atomic mass is 35.5. The Kier molecular flexibility index (Phi) is 5.77. The SMILES string of the molecule is CS(=O)(=O)c1ncccc1N(Cc1cc(Cl)c2ccc(N)nc2c1)C(=O)c1cccnc1. The van der Waals surface area contributed by atoms with Crippen LogP contribution in [0.2, 0.25) is 5.02 Å². The molecule has 0 fully saturated rings. The maximum absolute atomic E-state index is 13.4. The third-order valence-electron chi connectivity index (χ3n) is 4.73. The average molecular weight is 468 g/mol. The summed E-state index contributed by atoms with van der Waals surface area (Å²) in [6.45, 7) is 0.0219. The molecular weight excluding hydrogens is 450 g/mol. The summed E-state index contributed by atoms with van der Waals surface area (Å²) in [6.07, 6.45) is 5.38. The number of carbonyl (C=O) groups excluding carboxylic acids is 1. The van der Waals surface area contributed by atoms with E-state index in [2.05, 4.69) is 15.0 Å². The molecule has 10 heteroatoms. The minimum atomic E-state index is -3.71. The number of amides is 1. The molecule has 0 aliphatic carbocycles. The van der Waals surface area contributed by atoms with Gasteiger partial charge in [-0.25, -0.2) is 18.4 Å². The zero-order valence-electron chi connectivity index (χ0n) is 16.9. The minimum absolute atomic E-state index is 0.0219. The van der Waals surface area contributed by atoms with Crippen LogP contribution in [-0.4, -0.2) is 35.5 Å². The second-order valence-corrected chi connectivity index (χ2v) is 9.45. The van der Waals surface area contributed by atoms with E-state index < -0.39 is 15.7 Å². The first-order chi connectivity index (χ1) is 15.2. The molecule has 0 bridgehead atoms. The molecule has 0 aliphatic heterocycles. The second kappa shape index (κ2) is 8.52. The first kappa shape index (κ1) is 21.7. The van der Waals surface area contributed by atoms with Gasteiger partial charge in [0.25, 0.3) is 5.91 Å². The zero-order valence-corrected chi connectivity index (χ0v) is 18.5. The summed E-state index contributed by atoms with van der Waals surface area (Å²) in [5.41, 5.74) is 7.46. The second-order valence-electron chi connectivity index (χ2n) is 7.11. The van der Waals surface area contributed by atoms with Crippen molar-refractivity contribution < 1.29 is 13.2 Å². The number of carbonyl (C=O) groups is 1. The summed E-state index contributed by atoms with van der Waals surface area (Å²) in [7, 11) is -3.71. The van der Waals surface area contributed by atoms with Crippen molar-refractivity contribution in [3.8, 4) is 0 Å². The van der Waals surface area contributed by atoms with Gasteiger partial charge in [0, 0.05) is 30.2 Å². The fraction of sp³-hybridized carbons (Fsp3) is 0.0909. The fourth-order valence-corrected chi connectivity index (χ4v) is 4.43. The van der Waals surface area contributed by atoms with Gasteiger partial charge in [-0.1, -0.05) is 11.6 Å². The van der Waals surface area contributed by atoms with Gasteiger partial charge in [-0.05, 0) is 54.1 Å². The molecule has 0 spiro atoms. The molecule has 0 saturated carbocycles. The lowest BCUT2D eigenvalue weighted by atomic mass is 10.1. The van der Waals surface area contributed by atoms with Crippen molar-refractivity contribution in [3.05, 3.63) is 83.3 Å². The lowest BCUT2D eigenvalue weighted by Gasteiger charge is -2.24. The summed E-state index contributed by atoms with van der Waals surface area (Å²) in [5, 5.41) is 0.952. The van der Waals surface area contributed by atoms with E-state index >= 15 is 0 Å². The van der Waals surface area contributed by atoms with Crippen LogP contribution in [0.3, 0.4) is 0 Å². The molecule has 0 radical (unpaired) electrons. The summed E-state index contributed by atoms with van der Waals surface area (Å²) in [5.74, 6) is -0.103. The Morgan fingerprint density at radius 3 is 2.62 bits per heavy atom. The monoisotopic (exact) mass is 467 g/mol. The molecule has 8 nitrogen and oxygen atoms in total. The molecule has 1 amide bonds. The van der Waals surface area contributed by atoms with E-state index in [4.69, 9.17) is 17.3 Å². The number of hydrogen-bond donors (Lipinski definition) is 1. The van der Waals surface area contributed by atoms with Crippen molar-refractivity contribution in [3.63, 3.8) is 0 Å². The maximum Gasteiger partial charge on any atom is 0.260 e. The minimum Gasteiger partial charge on any atom is -0.384 e. The van der Waals surface area contributed by atoms with Gasteiger partial charge in [0.1, 0.15) is 5.82 Å². The smallest absolute Gasteiger partial charge is 0.260 e. The number of pyridine rings is 3. The van der Waals surface area contributed by atoms with Crippen LogP contribution in [0.5, 0.6) is 0 Å². The fourth-order valence-electron chi connectivity index (χ4n) is 3.32. The molecule has 0 aliphatic rings. The van der Waals surface area contributed by atoms with Crippen LogP contribution in [0.15, 0.2) is 72.1 Å².